The van der Waals surface area contributed by atoms with Gasteiger partial charge >= 0.3 is 24.4 Å². The number of aryl methyl sites for hydroxylation is 1. The van der Waals surface area contributed by atoms with Gasteiger partial charge < -0.3 is 24.4 Å². The minimum absolute atomic E-state index is 0.0288. The van der Waals surface area contributed by atoms with Gasteiger partial charge in [0.1, 0.15) is 0 Å². The van der Waals surface area contributed by atoms with Gasteiger partial charge in [0.2, 0.25) is 0 Å². The molecule has 4 rings (SSSR count). The number of alkyl halides is 6. The normalized spacial score (nSPS) is 24.1. The van der Waals surface area contributed by atoms with Crippen molar-refractivity contribution in [1.82, 2.24) is 9.80 Å². The maximum absolute atomic E-state index is 12.9. The molecule has 3 aliphatic rings. The highest BCUT2D eigenvalue weighted by molar-refractivity contribution is 5.78. The number of hydrogen-bond acceptors (Lipinski definition) is 6. The summed E-state index contributed by atoms with van der Waals surface area (Å²) >= 11 is 0. The minimum Gasteiger partial charge on any atom is -0.479 e. The van der Waals surface area contributed by atoms with Crippen LogP contribution < -0.4 is 4.90 Å². The Hall–Kier alpha value is -2.74. The number of carbonyl (C=O) groups is 2. The van der Waals surface area contributed by atoms with E-state index >= 15 is 0 Å². The molecule has 224 valence electrons. The number of rotatable bonds is 5. The van der Waals surface area contributed by atoms with Crippen LogP contribution in [-0.4, -0.2) is 95.9 Å². The average Bonchev–Trinajstić information content (AvgIpc) is 3.23. The number of morpholine rings is 1. The van der Waals surface area contributed by atoms with E-state index in [2.05, 4.69) is 9.64 Å². The Morgan fingerprint density at radius 3 is 2.30 bits per heavy atom. The summed E-state index contributed by atoms with van der Waals surface area (Å²) in [5.41, 5.74) is 1.15. The Morgan fingerprint density at radius 2 is 1.70 bits per heavy atom. The molecule has 8 nitrogen and oxygen atoms in total. The smallest absolute Gasteiger partial charge is 0.434 e. The third-order valence-electron chi connectivity index (χ3n) is 8.18. The number of benzene rings is 1. The Kier molecular flexibility index (Phi) is 8.25. The number of aliphatic carboxylic acids is 1. The van der Waals surface area contributed by atoms with Crippen molar-refractivity contribution in [3.05, 3.63) is 29.3 Å². The van der Waals surface area contributed by atoms with Crippen LogP contribution >= 0.6 is 0 Å². The van der Waals surface area contributed by atoms with E-state index in [1.165, 1.54) is 6.92 Å². The summed E-state index contributed by atoms with van der Waals surface area (Å²) in [6.07, 6.45) is -14.9. The van der Waals surface area contributed by atoms with Crippen LogP contribution in [0.2, 0.25) is 0 Å². The summed E-state index contributed by atoms with van der Waals surface area (Å²) in [6, 6.07) is 5.96. The second-order valence-electron chi connectivity index (χ2n) is 11.0. The van der Waals surface area contributed by atoms with Crippen molar-refractivity contribution in [2.45, 2.75) is 75.7 Å². The van der Waals surface area contributed by atoms with E-state index in [4.69, 9.17) is 4.74 Å². The molecule has 1 aromatic carbocycles. The first-order chi connectivity index (χ1) is 18.5. The Labute approximate surface area is 227 Å². The van der Waals surface area contributed by atoms with Crippen LogP contribution in [0, 0.1) is 6.92 Å². The Balaban J connectivity index is 1.46. The molecule has 1 atom stereocenters. The molecule has 3 fully saturated rings. The molecule has 1 aromatic rings. The molecular formula is C26H33F6N3O5. The van der Waals surface area contributed by atoms with Crippen LogP contribution in [-0.2, 0) is 20.8 Å². The molecule has 40 heavy (non-hydrogen) atoms. The lowest BCUT2D eigenvalue weighted by molar-refractivity contribution is -0.308. The molecule has 0 aliphatic carbocycles. The van der Waals surface area contributed by atoms with Gasteiger partial charge in [0.25, 0.3) is 6.10 Å². The number of ether oxygens (including phenoxy) is 2. The lowest BCUT2D eigenvalue weighted by atomic mass is 9.84. The topological polar surface area (TPSA) is 82.5 Å². The van der Waals surface area contributed by atoms with E-state index in [0.29, 0.717) is 25.9 Å². The number of anilines is 1. The second kappa shape index (κ2) is 10.9. The number of carboxylic acid groups (broad SMARTS) is 1. The van der Waals surface area contributed by atoms with Gasteiger partial charge in [-0.1, -0.05) is 12.1 Å². The van der Waals surface area contributed by atoms with Crippen LogP contribution in [0.15, 0.2) is 18.2 Å². The summed E-state index contributed by atoms with van der Waals surface area (Å²) in [6.45, 7) is 5.60. The molecule has 1 N–H and O–H groups in total. The van der Waals surface area contributed by atoms with Gasteiger partial charge in [0, 0.05) is 37.4 Å². The zero-order valence-electron chi connectivity index (χ0n) is 22.3. The summed E-state index contributed by atoms with van der Waals surface area (Å²) in [7, 11) is 0. The molecule has 1 spiro atoms. The number of likely N-dealkylation sites (tertiary alicyclic amines) is 2. The van der Waals surface area contributed by atoms with E-state index in [-0.39, 0.29) is 31.8 Å². The number of amides is 1. The number of halogens is 6. The van der Waals surface area contributed by atoms with Gasteiger partial charge in [-0.15, -0.1) is 0 Å². The zero-order valence-corrected chi connectivity index (χ0v) is 22.3. The van der Waals surface area contributed by atoms with Crippen molar-refractivity contribution in [3.63, 3.8) is 0 Å². The molecule has 1 amide bonds. The maximum atomic E-state index is 12.9. The number of hydrogen-bond donors (Lipinski definition) is 1. The molecule has 3 heterocycles. The lowest BCUT2D eigenvalue weighted by Crippen LogP contribution is -2.55. The highest BCUT2D eigenvalue weighted by atomic mass is 19.4. The van der Waals surface area contributed by atoms with Crippen molar-refractivity contribution < 1.29 is 50.5 Å². The van der Waals surface area contributed by atoms with Gasteiger partial charge in [-0.3, -0.25) is 4.90 Å². The number of carboxylic acids is 1. The van der Waals surface area contributed by atoms with E-state index in [1.807, 2.05) is 30.0 Å². The molecule has 3 saturated heterocycles. The van der Waals surface area contributed by atoms with Gasteiger partial charge in [0.05, 0.1) is 13.2 Å². The monoisotopic (exact) mass is 581 g/mol. The molecule has 0 aromatic heterocycles. The van der Waals surface area contributed by atoms with Crippen LogP contribution in [0.3, 0.4) is 0 Å². The second-order valence-corrected chi connectivity index (χ2v) is 11.0. The van der Waals surface area contributed by atoms with Gasteiger partial charge in [0.15, 0.2) is 5.60 Å². The zero-order chi connectivity index (χ0) is 29.5. The highest BCUT2D eigenvalue weighted by Crippen LogP contribution is 2.42. The third-order valence-corrected chi connectivity index (χ3v) is 8.18. The van der Waals surface area contributed by atoms with E-state index < -0.39 is 36.1 Å². The highest BCUT2D eigenvalue weighted by Gasteiger charge is 2.60. The fourth-order valence-electron chi connectivity index (χ4n) is 5.92. The standard InChI is InChI=1S/C26H33F6N3O5/c1-17-4-5-18(19(14-17)34-12-13-39-23(2,16-34)21(36)37)15-35-9-3-6-24(35)7-10-33(11-8-24)22(38)40-20(25(27,28)29)26(30,31)32/h4-5,14,20H,3,6-13,15-16H2,1-2H3,(H,36,37). The minimum atomic E-state index is -5.76. The van der Waals surface area contributed by atoms with E-state index in [1.54, 1.807) is 0 Å². The largest absolute Gasteiger partial charge is 0.479 e. The fourth-order valence-corrected chi connectivity index (χ4v) is 5.92. The van der Waals surface area contributed by atoms with Crippen molar-refractivity contribution in [2.24, 2.45) is 0 Å². The van der Waals surface area contributed by atoms with Crippen LogP contribution in [0.4, 0.5) is 36.8 Å². The summed E-state index contributed by atoms with van der Waals surface area (Å²) in [5, 5.41) is 9.66. The predicted molar refractivity (Wildman–Crippen MR) is 131 cm³/mol. The number of piperidine rings is 1. The SMILES string of the molecule is Cc1ccc(CN2CCCC23CCN(C(=O)OC(C(F)(F)F)C(F)(F)F)CC3)c(N2CCOC(C)(C(=O)O)C2)c1. The quantitative estimate of drug-likeness (QED) is 0.504. The van der Waals surface area contributed by atoms with E-state index in [0.717, 1.165) is 41.1 Å². The van der Waals surface area contributed by atoms with Gasteiger partial charge in [-0.25, -0.2) is 9.59 Å². The molecule has 14 heteroatoms. The van der Waals surface area contributed by atoms with Crippen LogP contribution in [0.25, 0.3) is 0 Å². The van der Waals surface area contributed by atoms with Crippen molar-refractivity contribution in [1.29, 1.82) is 0 Å². The molecule has 3 aliphatic heterocycles. The van der Waals surface area contributed by atoms with Gasteiger partial charge in [-0.2, -0.15) is 26.3 Å². The number of nitrogens with zero attached hydrogens (tertiary/aromatic N) is 3. The van der Waals surface area contributed by atoms with Crippen molar-refractivity contribution in [3.8, 4) is 0 Å². The van der Waals surface area contributed by atoms with E-state index in [9.17, 15) is 41.0 Å². The molecule has 1 unspecified atom stereocenters. The van der Waals surface area contributed by atoms with Crippen LogP contribution in [0.5, 0.6) is 0 Å². The first-order valence-corrected chi connectivity index (χ1v) is 13.1. The van der Waals surface area contributed by atoms with Crippen molar-refractivity contribution >= 4 is 17.7 Å². The summed E-state index contributed by atoms with van der Waals surface area (Å²) < 4.78 is 86.6. The maximum Gasteiger partial charge on any atom is 0.434 e. The predicted octanol–water partition coefficient (Wildman–Crippen LogP) is 4.74. The molecule has 0 bridgehead atoms. The van der Waals surface area contributed by atoms with Crippen molar-refractivity contribution in [2.75, 3.05) is 44.2 Å². The molecule has 0 saturated carbocycles. The lowest BCUT2D eigenvalue weighted by Gasteiger charge is -2.45. The Morgan fingerprint density at radius 1 is 1.05 bits per heavy atom. The Bertz CT molecular complexity index is 1090. The third kappa shape index (κ3) is 6.27. The number of carbonyl (C=O) groups excluding carboxylic acids is 1. The molecule has 0 radical (unpaired) electrons. The fraction of sp³-hybridized carbons (Fsp3) is 0.692. The van der Waals surface area contributed by atoms with Crippen LogP contribution in [0.1, 0.15) is 43.7 Å². The molecular weight excluding hydrogens is 548 g/mol. The first kappa shape index (κ1) is 30.2. The average molecular weight is 582 g/mol. The van der Waals surface area contributed by atoms with Gasteiger partial charge in [-0.05, 0) is 63.3 Å². The first-order valence-electron chi connectivity index (χ1n) is 13.1. The summed E-state index contributed by atoms with van der Waals surface area (Å²) in [4.78, 5) is 29.2. The summed E-state index contributed by atoms with van der Waals surface area (Å²) in [5.74, 6) is -1.05.